The van der Waals surface area contributed by atoms with Crippen LogP contribution in [-0.4, -0.2) is 29.2 Å². The number of rotatable bonds is 6. The van der Waals surface area contributed by atoms with Gasteiger partial charge in [0.15, 0.2) is 0 Å². The Kier molecular flexibility index (Phi) is 4.84. The Hall–Kier alpha value is -2.21. The Morgan fingerprint density at radius 1 is 1.10 bits per heavy atom. The van der Waals surface area contributed by atoms with Gasteiger partial charge in [-0.2, -0.15) is 0 Å². The smallest absolute Gasteiger partial charge is 0.224 e. The zero-order valence-corrected chi connectivity index (χ0v) is 11.8. The highest BCUT2D eigenvalue weighted by atomic mass is 16.5. The molecule has 2 aromatic rings. The molecule has 0 aliphatic rings. The van der Waals surface area contributed by atoms with Gasteiger partial charge >= 0.3 is 0 Å². The van der Waals surface area contributed by atoms with Crippen LogP contribution in [0, 0.1) is 0 Å². The third-order valence-electron chi connectivity index (χ3n) is 3.04. The second kappa shape index (κ2) is 6.81. The molecule has 0 aromatic carbocycles. The highest BCUT2D eigenvalue weighted by molar-refractivity contribution is 5.34. The van der Waals surface area contributed by atoms with E-state index in [0.29, 0.717) is 18.3 Å². The van der Waals surface area contributed by atoms with Crippen LogP contribution in [-0.2, 0) is 6.54 Å². The van der Waals surface area contributed by atoms with Crippen LogP contribution in [0.25, 0.3) is 0 Å². The number of ether oxygens (including phenoxy) is 2. The van der Waals surface area contributed by atoms with Crippen molar-refractivity contribution < 1.29 is 9.47 Å². The van der Waals surface area contributed by atoms with E-state index in [-0.39, 0.29) is 6.04 Å². The lowest BCUT2D eigenvalue weighted by Gasteiger charge is -2.16. The predicted molar refractivity (Wildman–Crippen MR) is 74.6 cm³/mol. The summed E-state index contributed by atoms with van der Waals surface area (Å²) in [5.41, 5.74) is 1.97. The lowest BCUT2D eigenvalue weighted by Crippen LogP contribution is -2.19. The molecule has 6 heteroatoms. The molecule has 0 fully saturated rings. The van der Waals surface area contributed by atoms with Crippen LogP contribution in [0.1, 0.15) is 24.1 Å². The summed E-state index contributed by atoms with van der Waals surface area (Å²) in [6.07, 6.45) is 4.98. The van der Waals surface area contributed by atoms with Crippen molar-refractivity contribution >= 4 is 0 Å². The van der Waals surface area contributed by atoms with Gasteiger partial charge in [0.2, 0.25) is 11.8 Å². The highest BCUT2D eigenvalue weighted by Crippen LogP contribution is 2.24. The average molecular weight is 274 g/mol. The molecule has 1 N–H and O–H groups in total. The number of nitrogens with one attached hydrogen (secondary N) is 1. The summed E-state index contributed by atoms with van der Waals surface area (Å²) in [6, 6.07) is 4.13. The molecule has 20 heavy (non-hydrogen) atoms. The van der Waals surface area contributed by atoms with Crippen molar-refractivity contribution in [3.8, 4) is 11.8 Å². The van der Waals surface area contributed by atoms with E-state index < -0.39 is 0 Å². The third-order valence-corrected chi connectivity index (χ3v) is 3.04. The van der Waals surface area contributed by atoms with Crippen LogP contribution >= 0.6 is 0 Å². The van der Waals surface area contributed by atoms with Crippen LogP contribution < -0.4 is 14.8 Å². The lowest BCUT2D eigenvalue weighted by atomic mass is 10.1. The van der Waals surface area contributed by atoms with Crippen molar-refractivity contribution in [3.63, 3.8) is 0 Å². The topological polar surface area (TPSA) is 69.2 Å². The van der Waals surface area contributed by atoms with Gasteiger partial charge in [0.25, 0.3) is 0 Å². The minimum atomic E-state index is 0.174. The molecule has 2 aromatic heterocycles. The van der Waals surface area contributed by atoms with Crippen molar-refractivity contribution in [2.24, 2.45) is 0 Å². The van der Waals surface area contributed by atoms with Crippen LogP contribution in [0.4, 0.5) is 0 Å². The molecule has 2 rings (SSSR count). The van der Waals surface area contributed by atoms with Gasteiger partial charge in [-0.15, -0.1) is 0 Å². The van der Waals surface area contributed by atoms with E-state index in [1.165, 1.54) is 6.33 Å². The van der Waals surface area contributed by atoms with Crippen LogP contribution in [0.2, 0.25) is 0 Å². The standard InChI is InChI=1S/C14H18N4O2/c1-10(11-4-6-15-7-5-11)16-8-12-13(19-2)17-9-18-14(12)20-3/h4-7,9-10,16H,8H2,1-3H3. The maximum Gasteiger partial charge on any atom is 0.224 e. The molecule has 0 aliphatic heterocycles. The minimum Gasteiger partial charge on any atom is -0.481 e. The van der Waals surface area contributed by atoms with E-state index in [0.717, 1.165) is 11.1 Å². The third kappa shape index (κ3) is 3.21. The van der Waals surface area contributed by atoms with Crippen molar-refractivity contribution in [1.29, 1.82) is 0 Å². The Morgan fingerprint density at radius 3 is 2.25 bits per heavy atom. The molecule has 106 valence electrons. The molecule has 1 unspecified atom stereocenters. The molecule has 0 aliphatic carbocycles. The molecule has 0 radical (unpaired) electrons. The maximum absolute atomic E-state index is 5.24. The van der Waals surface area contributed by atoms with Gasteiger partial charge in [0.1, 0.15) is 6.33 Å². The first kappa shape index (κ1) is 14.2. The maximum atomic E-state index is 5.24. The van der Waals surface area contributed by atoms with Gasteiger partial charge in [-0.05, 0) is 24.6 Å². The van der Waals surface area contributed by atoms with Gasteiger partial charge in [-0.1, -0.05) is 0 Å². The summed E-state index contributed by atoms with van der Waals surface area (Å²) in [5.74, 6) is 1.04. The molecule has 0 amide bonds. The fourth-order valence-corrected chi connectivity index (χ4v) is 1.91. The van der Waals surface area contributed by atoms with Crippen molar-refractivity contribution in [1.82, 2.24) is 20.3 Å². The molecule has 0 spiro atoms. The summed E-state index contributed by atoms with van der Waals surface area (Å²) in [6.45, 7) is 2.63. The van der Waals surface area contributed by atoms with Crippen molar-refractivity contribution in [3.05, 3.63) is 42.0 Å². The van der Waals surface area contributed by atoms with Crippen molar-refractivity contribution in [2.75, 3.05) is 14.2 Å². The first-order valence-electron chi connectivity index (χ1n) is 6.31. The first-order valence-corrected chi connectivity index (χ1v) is 6.31. The van der Waals surface area contributed by atoms with E-state index in [4.69, 9.17) is 9.47 Å². The second-order valence-corrected chi connectivity index (χ2v) is 4.25. The fraction of sp³-hybridized carbons (Fsp3) is 0.357. The van der Waals surface area contributed by atoms with E-state index in [1.54, 1.807) is 26.6 Å². The SMILES string of the molecule is COc1ncnc(OC)c1CNC(C)c1ccncc1. The quantitative estimate of drug-likeness (QED) is 0.865. The van der Waals surface area contributed by atoms with E-state index in [2.05, 4.69) is 27.2 Å². The monoisotopic (exact) mass is 274 g/mol. The fourth-order valence-electron chi connectivity index (χ4n) is 1.91. The van der Waals surface area contributed by atoms with E-state index in [1.807, 2.05) is 12.1 Å². The molecule has 2 heterocycles. The number of hydrogen-bond acceptors (Lipinski definition) is 6. The number of nitrogens with zero attached hydrogens (tertiary/aromatic N) is 3. The Balaban J connectivity index is 2.11. The summed E-state index contributed by atoms with van der Waals surface area (Å²) in [5, 5.41) is 3.40. The van der Waals surface area contributed by atoms with E-state index in [9.17, 15) is 0 Å². The lowest BCUT2D eigenvalue weighted by molar-refractivity contribution is 0.357. The normalized spacial score (nSPS) is 11.9. The summed E-state index contributed by atoms with van der Waals surface area (Å²) < 4.78 is 10.5. The first-order chi connectivity index (χ1) is 9.76. The molecular weight excluding hydrogens is 256 g/mol. The molecular formula is C14H18N4O2. The van der Waals surface area contributed by atoms with Crippen LogP contribution in [0.3, 0.4) is 0 Å². The number of aromatic nitrogens is 3. The Morgan fingerprint density at radius 2 is 1.70 bits per heavy atom. The van der Waals surface area contributed by atoms with E-state index >= 15 is 0 Å². The largest absolute Gasteiger partial charge is 0.481 e. The summed E-state index contributed by atoms with van der Waals surface area (Å²) in [7, 11) is 3.16. The van der Waals surface area contributed by atoms with Gasteiger partial charge in [0, 0.05) is 25.0 Å². The number of pyridine rings is 1. The predicted octanol–water partition coefficient (Wildman–Crippen LogP) is 1.74. The van der Waals surface area contributed by atoms with Crippen LogP contribution in [0.5, 0.6) is 11.8 Å². The number of methoxy groups -OCH3 is 2. The molecule has 0 saturated carbocycles. The zero-order valence-electron chi connectivity index (χ0n) is 11.8. The number of hydrogen-bond donors (Lipinski definition) is 1. The van der Waals surface area contributed by atoms with Gasteiger partial charge in [-0.25, -0.2) is 9.97 Å². The summed E-state index contributed by atoms with van der Waals surface area (Å²) >= 11 is 0. The van der Waals surface area contributed by atoms with Gasteiger partial charge in [0.05, 0.1) is 19.8 Å². The Bertz CT molecular complexity index is 526. The molecule has 0 bridgehead atoms. The van der Waals surface area contributed by atoms with Gasteiger partial charge < -0.3 is 14.8 Å². The van der Waals surface area contributed by atoms with Crippen LogP contribution in [0.15, 0.2) is 30.9 Å². The minimum absolute atomic E-state index is 0.174. The molecule has 0 saturated heterocycles. The average Bonchev–Trinajstić information content (AvgIpc) is 2.52. The van der Waals surface area contributed by atoms with Gasteiger partial charge in [-0.3, -0.25) is 4.98 Å². The highest BCUT2D eigenvalue weighted by Gasteiger charge is 2.14. The van der Waals surface area contributed by atoms with Crippen molar-refractivity contribution in [2.45, 2.75) is 19.5 Å². The molecule has 1 atom stereocenters. The zero-order chi connectivity index (χ0) is 14.4. The summed E-state index contributed by atoms with van der Waals surface area (Å²) in [4.78, 5) is 12.2. The Labute approximate surface area is 118 Å². The molecule has 6 nitrogen and oxygen atoms in total. The second-order valence-electron chi connectivity index (χ2n) is 4.25.